The summed E-state index contributed by atoms with van der Waals surface area (Å²) in [5, 5.41) is 4.19. The van der Waals surface area contributed by atoms with Crippen LogP contribution in [0.1, 0.15) is 94.7 Å². The Balaban J connectivity index is 1.67. The summed E-state index contributed by atoms with van der Waals surface area (Å²) in [6.07, 6.45) is 10.9. The molecule has 2 aliphatic carbocycles. The van der Waals surface area contributed by atoms with Crippen molar-refractivity contribution in [3.8, 4) is 0 Å². The number of nitrogens with zero attached hydrogens (tertiary/aromatic N) is 2. The second-order valence-corrected chi connectivity index (χ2v) is 6.73. The maximum absolute atomic E-state index is 12.2. The predicted molar refractivity (Wildman–Crippen MR) is 80.1 cm³/mol. The van der Waals surface area contributed by atoms with E-state index in [0.29, 0.717) is 18.2 Å². The van der Waals surface area contributed by atoms with E-state index in [1.807, 2.05) is 0 Å². The van der Waals surface area contributed by atoms with Crippen molar-refractivity contribution >= 4 is 5.78 Å². The van der Waals surface area contributed by atoms with E-state index in [-0.39, 0.29) is 11.7 Å². The normalized spacial score (nSPS) is 31.1. The molecule has 0 spiro atoms. The first-order valence-electron chi connectivity index (χ1n) is 8.64. The minimum Gasteiger partial charge on any atom is -0.339 e. The Morgan fingerprint density at radius 3 is 2.67 bits per heavy atom. The van der Waals surface area contributed by atoms with Crippen molar-refractivity contribution in [2.45, 2.75) is 83.0 Å². The Kier molecular flexibility index (Phi) is 4.71. The number of Topliss-reactive ketones (excluding diaryl/α,β-unsaturated/α-hetero) is 1. The van der Waals surface area contributed by atoms with Gasteiger partial charge in [-0.2, -0.15) is 4.98 Å². The lowest BCUT2D eigenvalue weighted by Gasteiger charge is -2.25. The fourth-order valence-corrected chi connectivity index (χ4v) is 3.80. The molecule has 0 bridgehead atoms. The lowest BCUT2D eigenvalue weighted by molar-refractivity contribution is -0.120. The summed E-state index contributed by atoms with van der Waals surface area (Å²) < 4.78 is 5.45. The van der Waals surface area contributed by atoms with Gasteiger partial charge in [-0.1, -0.05) is 31.3 Å². The minimum absolute atomic E-state index is 0.138. The SMILES string of the molecule is CCC1CCC(c2noc(C3CCCCCC3=O)n2)CC1. The number of carbonyl (C=O) groups excluding carboxylic acids is 1. The molecule has 0 amide bonds. The van der Waals surface area contributed by atoms with Crippen LogP contribution in [0.3, 0.4) is 0 Å². The van der Waals surface area contributed by atoms with E-state index in [4.69, 9.17) is 4.52 Å². The monoisotopic (exact) mass is 290 g/mol. The molecule has 0 radical (unpaired) electrons. The first-order chi connectivity index (χ1) is 10.3. The number of carbonyl (C=O) groups is 1. The molecule has 1 unspecified atom stereocenters. The van der Waals surface area contributed by atoms with E-state index >= 15 is 0 Å². The minimum atomic E-state index is -0.138. The summed E-state index contributed by atoms with van der Waals surface area (Å²) in [5.74, 6) is 2.88. The van der Waals surface area contributed by atoms with Crippen molar-refractivity contribution in [3.63, 3.8) is 0 Å². The van der Waals surface area contributed by atoms with Crippen molar-refractivity contribution in [1.82, 2.24) is 10.1 Å². The molecule has 2 saturated carbocycles. The van der Waals surface area contributed by atoms with Gasteiger partial charge in [-0.05, 0) is 44.4 Å². The molecule has 1 atom stereocenters. The molecule has 116 valence electrons. The topological polar surface area (TPSA) is 56.0 Å². The maximum atomic E-state index is 12.2. The highest BCUT2D eigenvalue weighted by atomic mass is 16.5. The smallest absolute Gasteiger partial charge is 0.237 e. The van der Waals surface area contributed by atoms with E-state index < -0.39 is 0 Å². The molecule has 21 heavy (non-hydrogen) atoms. The van der Waals surface area contributed by atoms with Crippen LogP contribution in [0.15, 0.2) is 4.52 Å². The molecule has 1 heterocycles. The van der Waals surface area contributed by atoms with Gasteiger partial charge < -0.3 is 4.52 Å². The van der Waals surface area contributed by atoms with Crippen LogP contribution in [0.2, 0.25) is 0 Å². The summed E-state index contributed by atoms with van der Waals surface area (Å²) in [4.78, 5) is 16.8. The van der Waals surface area contributed by atoms with Gasteiger partial charge >= 0.3 is 0 Å². The molecular formula is C17H26N2O2. The Morgan fingerprint density at radius 2 is 1.90 bits per heavy atom. The third-order valence-corrected chi connectivity index (χ3v) is 5.35. The average molecular weight is 290 g/mol. The molecule has 0 N–H and O–H groups in total. The van der Waals surface area contributed by atoms with Crippen LogP contribution in [0, 0.1) is 5.92 Å². The zero-order chi connectivity index (χ0) is 14.7. The van der Waals surface area contributed by atoms with E-state index in [1.54, 1.807) is 0 Å². The Labute approximate surface area is 126 Å². The number of hydrogen-bond acceptors (Lipinski definition) is 4. The quantitative estimate of drug-likeness (QED) is 0.776. The van der Waals surface area contributed by atoms with Gasteiger partial charge in [0.15, 0.2) is 5.82 Å². The van der Waals surface area contributed by atoms with Gasteiger partial charge in [-0.3, -0.25) is 4.79 Å². The van der Waals surface area contributed by atoms with Crippen LogP contribution >= 0.6 is 0 Å². The van der Waals surface area contributed by atoms with E-state index in [2.05, 4.69) is 17.1 Å². The van der Waals surface area contributed by atoms with E-state index in [0.717, 1.165) is 50.3 Å². The lowest BCUT2D eigenvalue weighted by atomic mass is 9.80. The van der Waals surface area contributed by atoms with Crippen LogP contribution in [0.4, 0.5) is 0 Å². The van der Waals surface area contributed by atoms with E-state index in [1.165, 1.54) is 19.3 Å². The van der Waals surface area contributed by atoms with Gasteiger partial charge in [0.25, 0.3) is 0 Å². The molecule has 2 fully saturated rings. The van der Waals surface area contributed by atoms with Gasteiger partial charge in [0.2, 0.25) is 5.89 Å². The van der Waals surface area contributed by atoms with Crippen molar-refractivity contribution in [2.75, 3.05) is 0 Å². The van der Waals surface area contributed by atoms with Crippen LogP contribution in [0.25, 0.3) is 0 Å². The summed E-state index contributed by atoms with van der Waals surface area (Å²) in [6, 6.07) is 0. The van der Waals surface area contributed by atoms with Gasteiger partial charge in [0, 0.05) is 12.3 Å². The second kappa shape index (κ2) is 6.71. The molecule has 4 heteroatoms. The lowest BCUT2D eigenvalue weighted by Crippen LogP contribution is -2.14. The number of aromatic nitrogens is 2. The van der Waals surface area contributed by atoms with Gasteiger partial charge in [-0.15, -0.1) is 0 Å². The first-order valence-corrected chi connectivity index (χ1v) is 8.64. The highest BCUT2D eigenvalue weighted by Crippen LogP contribution is 2.36. The summed E-state index contributed by atoms with van der Waals surface area (Å²) in [6.45, 7) is 2.27. The standard InChI is InChI=1S/C17H26N2O2/c1-2-12-8-10-13(11-9-12)16-18-17(21-19-16)14-6-4-3-5-7-15(14)20/h12-14H,2-11H2,1H3. The molecular weight excluding hydrogens is 264 g/mol. The van der Waals surface area contributed by atoms with Crippen molar-refractivity contribution in [1.29, 1.82) is 0 Å². The van der Waals surface area contributed by atoms with Gasteiger partial charge in [0.05, 0.1) is 5.92 Å². The molecule has 1 aromatic heterocycles. The molecule has 4 nitrogen and oxygen atoms in total. The predicted octanol–water partition coefficient (Wildman–Crippen LogP) is 4.37. The molecule has 0 aromatic carbocycles. The number of ketones is 1. The molecule has 0 saturated heterocycles. The van der Waals surface area contributed by atoms with Crippen LogP contribution in [-0.2, 0) is 4.79 Å². The maximum Gasteiger partial charge on any atom is 0.237 e. The van der Waals surface area contributed by atoms with E-state index in [9.17, 15) is 4.79 Å². The summed E-state index contributed by atoms with van der Waals surface area (Å²) in [5.41, 5.74) is 0. The van der Waals surface area contributed by atoms with Crippen molar-refractivity contribution < 1.29 is 9.32 Å². The van der Waals surface area contributed by atoms with Crippen molar-refractivity contribution in [2.24, 2.45) is 5.92 Å². The molecule has 0 aliphatic heterocycles. The number of rotatable bonds is 3. The highest BCUT2D eigenvalue weighted by molar-refractivity contribution is 5.84. The largest absolute Gasteiger partial charge is 0.339 e. The highest BCUT2D eigenvalue weighted by Gasteiger charge is 2.30. The van der Waals surface area contributed by atoms with Crippen LogP contribution < -0.4 is 0 Å². The zero-order valence-corrected chi connectivity index (χ0v) is 13.0. The van der Waals surface area contributed by atoms with Crippen LogP contribution in [0.5, 0.6) is 0 Å². The average Bonchev–Trinajstić information content (AvgIpc) is 2.90. The van der Waals surface area contributed by atoms with Crippen LogP contribution in [-0.4, -0.2) is 15.9 Å². The number of hydrogen-bond donors (Lipinski definition) is 0. The van der Waals surface area contributed by atoms with Crippen molar-refractivity contribution in [3.05, 3.63) is 11.7 Å². The Morgan fingerprint density at radius 1 is 1.10 bits per heavy atom. The van der Waals surface area contributed by atoms with Gasteiger partial charge in [0.1, 0.15) is 5.78 Å². The third-order valence-electron chi connectivity index (χ3n) is 5.35. The molecule has 1 aromatic rings. The Bertz CT molecular complexity index is 475. The fourth-order valence-electron chi connectivity index (χ4n) is 3.80. The zero-order valence-electron chi connectivity index (χ0n) is 13.0. The fraction of sp³-hybridized carbons (Fsp3) is 0.824. The third kappa shape index (κ3) is 3.35. The second-order valence-electron chi connectivity index (χ2n) is 6.73. The summed E-state index contributed by atoms with van der Waals surface area (Å²) >= 11 is 0. The Hall–Kier alpha value is -1.19. The summed E-state index contributed by atoms with van der Waals surface area (Å²) in [7, 11) is 0. The molecule has 3 rings (SSSR count). The molecule has 2 aliphatic rings. The van der Waals surface area contributed by atoms with Gasteiger partial charge in [-0.25, -0.2) is 0 Å². The first kappa shape index (κ1) is 14.7.